The molecule has 0 spiro atoms. The molecule has 152 valence electrons. The number of amides is 1. The molecule has 4 N–H and O–H groups in total. The van der Waals surface area contributed by atoms with Crippen LogP contribution < -0.4 is 15.8 Å². The second kappa shape index (κ2) is 7.82. The van der Waals surface area contributed by atoms with E-state index in [9.17, 15) is 13.2 Å². The number of nitrogens with zero attached hydrogens (tertiary/aromatic N) is 2. The van der Waals surface area contributed by atoms with Crippen molar-refractivity contribution >= 4 is 54.5 Å². The summed E-state index contributed by atoms with van der Waals surface area (Å²) in [5.74, 6) is -0.464. The minimum Gasteiger partial charge on any atom is -0.331 e. The van der Waals surface area contributed by atoms with E-state index in [1.54, 1.807) is 24.3 Å². The van der Waals surface area contributed by atoms with E-state index >= 15 is 0 Å². The largest absolute Gasteiger partial charge is 0.331 e. The van der Waals surface area contributed by atoms with Crippen LogP contribution >= 0.6 is 11.3 Å². The third-order valence-electron chi connectivity index (χ3n) is 4.28. The molecule has 8 nitrogen and oxygen atoms in total. The Bertz CT molecular complexity index is 1370. The molecule has 0 unspecified atom stereocenters. The average Bonchev–Trinajstić information content (AvgIpc) is 3.11. The number of carbonyl (C=O) groups excluding carboxylic acids is 1. The SMILES string of the molecule is Cc1csc(Nc2cccc(NC(=O)c3nccc4c(S(N)(=O)=O)cccc34)c2)n1. The number of pyridine rings is 1. The van der Waals surface area contributed by atoms with Gasteiger partial charge in [0.1, 0.15) is 5.69 Å². The molecular weight excluding hydrogens is 422 g/mol. The Hall–Kier alpha value is -3.34. The Balaban J connectivity index is 1.63. The second-order valence-electron chi connectivity index (χ2n) is 6.51. The fraction of sp³-hybridized carbons (Fsp3) is 0.0500. The fourth-order valence-corrected chi connectivity index (χ4v) is 4.47. The molecule has 0 saturated heterocycles. The highest BCUT2D eigenvalue weighted by Crippen LogP contribution is 2.26. The standard InChI is InChI=1S/C20H17N5O3S2/c1-12-11-29-20(23-12)25-14-5-2-4-13(10-14)24-19(26)18-16-6-3-7-17(30(21,27)28)15(16)8-9-22-18/h2-11H,1H3,(H,23,25)(H,24,26)(H2,21,27,28). The van der Waals surface area contributed by atoms with Gasteiger partial charge in [-0.05, 0) is 37.3 Å². The molecule has 4 aromatic rings. The number of nitrogens with one attached hydrogen (secondary N) is 2. The first-order valence-electron chi connectivity index (χ1n) is 8.82. The monoisotopic (exact) mass is 439 g/mol. The molecule has 30 heavy (non-hydrogen) atoms. The van der Waals surface area contributed by atoms with Gasteiger partial charge in [0, 0.05) is 33.7 Å². The van der Waals surface area contributed by atoms with Crippen molar-refractivity contribution in [3.05, 3.63) is 71.5 Å². The van der Waals surface area contributed by atoms with Crippen LogP contribution in [0.25, 0.3) is 10.8 Å². The molecule has 0 radical (unpaired) electrons. The topological polar surface area (TPSA) is 127 Å². The quantitative estimate of drug-likeness (QED) is 0.436. The minimum atomic E-state index is -3.94. The van der Waals surface area contributed by atoms with Crippen LogP contribution in [0.1, 0.15) is 16.2 Å². The van der Waals surface area contributed by atoms with E-state index in [0.717, 1.165) is 16.5 Å². The molecule has 1 amide bonds. The van der Waals surface area contributed by atoms with Crippen molar-refractivity contribution in [2.75, 3.05) is 10.6 Å². The summed E-state index contributed by atoms with van der Waals surface area (Å²) >= 11 is 1.49. The zero-order valence-corrected chi connectivity index (χ0v) is 17.4. The predicted octanol–water partition coefficient (Wildman–Crippen LogP) is 3.64. The maximum Gasteiger partial charge on any atom is 0.274 e. The highest BCUT2D eigenvalue weighted by atomic mass is 32.2. The number of hydrogen-bond donors (Lipinski definition) is 3. The van der Waals surface area contributed by atoms with Gasteiger partial charge in [-0.25, -0.2) is 18.5 Å². The van der Waals surface area contributed by atoms with Gasteiger partial charge in [-0.1, -0.05) is 18.2 Å². The van der Waals surface area contributed by atoms with Gasteiger partial charge >= 0.3 is 0 Å². The van der Waals surface area contributed by atoms with Gasteiger partial charge < -0.3 is 10.6 Å². The zero-order chi connectivity index (χ0) is 21.3. The first kappa shape index (κ1) is 20.0. The number of aryl methyl sites for hydroxylation is 1. The number of nitrogens with two attached hydrogens (primary N) is 1. The van der Waals surface area contributed by atoms with E-state index in [0.29, 0.717) is 16.5 Å². The van der Waals surface area contributed by atoms with Gasteiger partial charge in [-0.15, -0.1) is 11.3 Å². The molecule has 2 aromatic heterocycles. The number of aromatic nitrogens is 2. The lowest BCUT2D eigenvalue weighted by atomic mass is 10.1. The minimum absolute atomic E-state index is 0.0543. The third kappa shape index (κ3) is 4.15. The molecule has 10 heteroatoms. The van der Waals surface area contributed by atoms with Crippen LogP contribution in [0.3, 0.4) is 0 Å². The van der Waals surface area contributed by atoms with E-state index < -0.39 is 15.9 Å². The number of carbonyl (C=O) groups is 1. The maximum absolute atomic E-state index is 12.9. The number of sulfonamides is 1. The summed E-state index contributed by atoms with van der Waals surface area (Å²) in [7, 11) is -3.94. The van der Waals surface area contributed by atoms with E-state index in [2.05, 4.69) is 20.6 Å². The summed E-state index contributed by atoms with van der Waals surface area (Å²) in [5.41, 5.74) is 2.35. The molecule has 0 fully saturated rings. The number of hydrogen-bond acceptors (Lipinski definition) is 7. The Morgan fingerprint density at radius 2 is 1.83 bits per heavy atom. The van der Waals surface area contributed by atoms with Gasteiger partial charge in [0.05, 0.1) is 10.6 Å². The van der Waals surface area contributed by atoms with Crippen molar-refractivity contribution in [2.45, 2.75) is 11.8 Å². The van der Waals surface area contributed by atoms with Crippen molar-refractivity contribution in [2.24, 2.45) is 5.14 Å². The summed E-state index contributed by atoms with van der Waals surface area (Å²) in [6, 6.07) is 13.3. The maximum atomic E-state index is 12.9. The highest BCUT2D eigenvalue weighted by Gasteiger charge is 2.17. The molecule has 0 aliphatic heterocycles. The van der Waals surface area contributed by atoms with Crippen LogP contribution in [0.4, 0.5) is 16.5 Å². The van der Waals surface area contributed by atoms with Gasteiger partial charge in [-0.3, -0.25) is 9.78 Å². The number of primary sulfonamides is 1. The number of benzene rings is 2. The number of fused-ring (bicyclic) bond motifs is 1. The van der Waals surface area contributed by atoms with E-state index in [1.807, 2.05) is 18.4 Å². The van der Waals surface area contributed by atoms with Crippen molar-refractivity contribution < 1.29 is 13.2 Å². The second-order valence-corrected chi connectivity index (χ2v) is 8.90. The molecule has 0 aliphatic carbocycles. The van der Waals surface area contributed by atoms with Gasteiger partial charge in [0.2, 0.25) is 10.0 Å². The molecule has 2 aromatic carbocycles. The van der Waals surface area contributed by atoms with Crippen molar-refractivity contribution in [1.82, 2.24) is 9.97 Å². The number of rotatable bonds is 5. The lowest BCUT2D eigenvalue weighted by molar-refractivity contribution is 0.102. The molecule has 0 atom stereocenters. The van der Waals surface area contributed by atoms with Crippen LogP contribution in [-0.4, -0.2) is 24.3 Å². The average molecular weight is 440 g/mol. The van der Waals surface area contributed by atoms with Crippen LogP contribution in [0.15, 0.2) is 65.0 Å². The molecule has 0 aliphatic rings. The van der Waals surface area contributed by atoms with Gasteiger partial charge in [0.15, 0.2) is 5.13 Å². The van der Waals surface area contributed by atoms with Crippen LogP contribution in [0.2, 0.25) is 0 Å². The molecular formula is C20H17N5O3S2. The summed E-state index contributed by atoms with van der Waals surface area (Å²) < 4.78 is 23.7. The molecule has 4 rings (SSSR count). The first-order valence-corrected chi connectivity index (χ1v) is 11.2. The van der Waals surface area contributed by atoms with Crippen molar-refractivity contribution in [3.8, 4) is 0 Å². The van der Waals surface area contributed by atoms with Crippen molar-refractivity contribution in [1.29, 1.82) is 0 Å². The highest BCUT2D eigenvalue weighted by molar-refractivity contribution is 7.89. The predicted molar refractivity (Wildman–Crippen MR) is 118 cm³/mol. The summed E-state index contributed by atoms with van der Waals surface area (Å²) in [6.45, 7) is 1.91. The van der Waals surface area contributed by atoms with E-state index in [-0.39, 0.29) is 10.6 Å². The number of anilines is 3. The fourth-order valence-electron chi connectivity index (χ4n) is 3.01. The van der Waals surface area contributed by atoms with Crippen LogP contribution in [0.5, 0.6) is 0 Å². The summed E-state index contributed by atoms with van der Waals surface area (Å²) in [6.07, 6.45) is 1.38. The van der Waals surface area contributed by atoms with Gasteiger partial charge in [-0.2, -0.15) is 0 Å². The Morgan fingerprint density at radius 3 is 2.57 bits per heavy atom. The molecule has 2 heterocycles. The molecule has 0 bridgehead atoms. The lowest BCUT2D eigenvalue weighted by Crippen LogP contribution is -2.16. The normalized spacial score (nSPS) is 11.4. The summed E-state index contributed by atoms with van der Waals surface area (Å²) in [5, 5.41) is 14.7. The smallest absolute Gasteiger partial charge is 0.274 e. The first-order chi connectivity index (χ1) is 14.3. The van der Waals surface area contributed by atoms with Crippen molar-refractivity contribution in [3.63, 3.8) is 0 Å². The molecule has 0 saturated carbocycles. The third-order valence-corrected chi connectivity index (χ3v) is 6.12. The Kier molecular flexibility index (Phi) is 5.20. The Morgan fingerprint density at radius 1 is 1.07 bits per heavy atom. The van der Waals surface area contributed by atoms with Crippen LogP contribution in [0, 0.1) is 6.92 Å². The lowest BCUT2D eigenvalue weighted by Gasteiger charge is -2.10. The van der Waals surface area contributed by atoms with E-state index in [1.165, 1.54) is 35.7 Å². The van der Waals surface area contributed by atoms with E-state index in [4.69, 9.17) is 5.14 Å². The number of thiazole rings is 1. The zero-order valence-electron chi connectivity index (χ0n) is 15.8. The van der Waals surface area contributed by atoms with Crippen LogP contribution in [-0.2, 0) is 10.0 Å². The van der Waals surface area contributed by atoms with Gasteiger partial charge in [0.25, 0.3) is 5.91 Å². The summed E-state index contributed by atoms with van der Waals surface area (Å²) in [4.78, 5) is 21.3. The Labute approximate surface area is 176 Å².